The highest BCUT2D eigenvalue weighted by molar-refractivity contribution is 7.88. The summed E-state index contributed by atoms with van der Waals surface area (Å²) in [5, 5.41) is 4.02. The second-order valence-electron chi connectivity index (χ2n) is 5.62. The summed E-state index contributed by atoms with van der Waals surface area (Å²) < 4.78 is 35.6. The van der Waals surface area contributed by atoms with Gasteiger partial charge in [0.2, 0.25) is 21.7 Å². The van der Waals surface area contributed by atoms with Crippen LogP contribution < -0.4 is 4.74 Å². The number of methoxy groups -OCH3 is 1. The molecule has 3 rings (SSSR count). The molecule has 0 spiro atoms. The van der Waals surface area contributed by atoms with E-state index in [2.05, 4.69) is 10.1 Å². The van der Waals surface area contributed by atoms with Crippen LogP contribution in [0.5, 0.6) is 5.75 Å². The highest BCUT2D eigenvalue weighted by Crippen LogP contribution is 2.31. The van der Waals surface area contributed by atoms with Crippen LogP contribution in [-0.4, -0.2) is 49.3 Å². The highest BCUT2D eigenvalue weighted by Gasteiger charge is 2.30. The molecule has 2 aromatic rings. The van der Waals surface area contributed by atoms with Crippen molar-refractivity contribution in [3.63, 3.8) is 0 Å². The van der Waals surface area contributed by atoms with Crippen molar-refractivity contribution in [3.8, 4) is 17.1 Å². The number of aromatic nitrogens is 2. The standard InChI is InChI=1S/C15H19N3O4S/c1-21-13-8-4-3-7-12(13)14-16-15(22-17-14)11-6-5-9-18(10-11)23(2,19)20/h3-4,7-8,11H,5-6,9-10H2,1-2H3. The number of benzene rings is 1. The van der Waals surface area contributed by atoms with Crippen LogP contribution in [0.1, 0.15) is 24.7 Å². The Morgan fingerprint density at radius 1 is 1.35 bits per heavy atom. The van der Waals surface area contributed by atoms with E-state index >= 15 is 0 Å². The Kier molecular flexibility index (Phi) is 4.36. The van der Waals surface area contributed by atoms with Gasteiger partial charge in [0.1, 0.15) is 5.75 Å². The Labute approximate surface area is 135 Å². The van der Waals surface area contributed by atoms with Crippen molar-refractivity contribution in [3.05, 3.63) is 30.2 Å². The Morgan fingerprint density at radius 2 is 2.13 bits per heavy atom. The lowest BCUT2D eigenvalue weighted by molar-refractivity contribution is 0.266. The molecule has 1 aromatic carbocycles. The van der Waals surface area contributed by atoms with Crippen molar-refractivity contribution < 1.29 is 17.7 Å². The maximum absolute atomic E-state index is 11.7. The van der Waals surface area contributed by atoms with Crippen LogP contribution in [0.4, 0.5) is 0 Å². The summed E-state index contributed by atoms with van der Waals surface area (Å²) in [6.07, 6.45) is 2.84. The minimum atomic E-state index is -3.20. The molecule has 0 amide bonds. The molecule has 1 fully saturated rings. The van der Waals surface area contributed by atoms with Gasteiger partial charge in [-0.25, -0.2) is 12.7 Å². The molecule has 1 saturated heterocycles. The van der Waals surface area contributed by atoms with Crippen LogP contribution in [-0.2, 0) is 10.0 Å². The van der Waals surface area contributed by atoms with Crippen molar-refractivity contribution in [1.82, 2.24) is 14.4 Å². The number of rotatable bonds is 4. The Hall–Kier alpha value is -1.93. The van der Waals surface area contributed by atoms with Gasteiger partial charge in [0.25, 0.3) is 0 Å². The average Bonchev–Trinajstić information content (AvgIpc) is 3.04. The second kappa shape index (κ2) is 6.29. The van der Waals surface area contributed by atoms with Crippen molar-refractivity contribution in [1.29, 1.82) is 0 Å². The van der Waals surface area contributed by atoms with E-state index in [-0.39, 0.29) is 5.92 Å². The largest absolute Gasteiger partial charge is 0.496 e. The maximum Gasteiger partial charge on any atom is 0.231 e. The van der Waals surface area contributed by atoms with E-state index < -0.39 is 10.0 Å². The molecular weight excluding hydrogens is 318 g/mol. The van der Waals surface area contributed by atoms with Crippen molar-refractivity contribution >= 4 is 10.0 Å². The molecule has 0 bridgehead atoms. The fraction of sp³-hybridized carbons (Fsp3) is 0.467. The number of nitrogens with zero attached hydrogens (tertiary/aromatic N) is 3. The lowest BCUT2D eigenvalue weighted by Crippen LogP contribution is -2.38. The van der Waals surface area contributed by atoms with E-state index in [1.807, 2.05) is 24.3 Å². The molecule has 0 N–H and O–H groups in total. The van der Waals surface area contributed by atoms with Crippen LogP contribution in [0.2, 0.25) is 0 Å². The molecular formula is C15H19N3O4S. The number of hydrogen-bond donors (Lipinski definition) is 0. The summed E-state index contributed by atoms with van der Waals surface area (Å²) in [6, 6.07) is 7.43. The fourth-order valence-corrected chi connectivity index (χ4v) is 3.70. The minimum absolute atomic E-state index is 0.0746. The van der Waals surface area contributed by atoms with Gasteiger partial charge in [-0.2, -0.15) is 4.98 Å². The molecule has 0 radical (unpaired) electrons. The first-order chi connectivity index (χ1) is 11.0. The number of ether oxygens (including phenoxy) is 1. The molecule has 7 nitrogen and oxygen atoms in total. The van der Waals surface area contributed by atoms with Crippen LogP contribution >= 0.6 is 0 Å². The Bertz CT molecular complexity index is 788. The second-order valence-corrected chi connectivity index (χ2v) is 7.60. The minimum Gasteiger partial charge on any atom is -0.496 e. The topological polar surface area (TPSA) is 85.5 Å². The van der Waals surface area contributed by atoms with Gasteiger partial charge in [0.05, 0.1) is 24.8 Å². The number of sulfonamides is 1. The first-order valence-electron chi connectivity index (χ1n) is 7.41. The molecule has 1 aliphatic rings. The first kappa shape index (κ1) is 15.9. The Morgan fingerprint density at radius 3 is 2.87 bits per heavy atom. The quantitative estimate of drug-likeness (QED) is 0.847. The van der Waals surface area contributed by atoms with Crippen LogP contribution in [0.25, 0.3) is 11.4 Å². The molecule has 2 heterocycles. The molecule has 0 aliphatic carbocycles. The van der Waals surface area contributed by atoms with Crippen LogP contribution in [0.3, 0.4) is 0 Å². The predicted octanol–water partition coefficient (Wildman–Crippen LogP) is 1.88. The third-order valence-electron chi connectivity index (χ3n) is 3.99. The molecule has 124 valence electrons. The van der Waals surface area contributed by atoms with Gasteiger partial charge in [0.15, 0.2) is 0 Å². The summed E-state index contributed by atoms with van der Waals surface area (Å²) in [5.74, 6) is 1.52. The lowest BCUT2D eigenvalue weighted by Gasteiger charge is -2.28. The Balaban J connectivity index is 1.84. The molecule has 23 heavy (non-hydrogen) atoms. The van der Waals surface area contributed by atoms with Gasteiger partial charge in [-0.1, -0.05) is 17.3 Å². The van der Waals surface area contributed by atoms with Gasteiger partial charge in [-0.05, 0) is 25.0 Å². The third kappa shape index (κ3) is 3.37. The van der Waals surface area contributed by atoms with E-state index in [1.165, 1.54) is 10.6 Å². The smallest absolute Gasteiger partial charge is 0.231 e. The van der Waals surface area contributed by atoms with Crippen LogP contribution in [0, 0.1) is 0 Å². The normalized spacial score (nSPS) is 19.7. The predicted molar refractivity (Wildman–Crippen MR) is 84.7 cm³/mol. The van der Waals surface area contributed by atoms with Gasteiger partial charge in [-0.15, -0.1) is 0 Å². The summed E-state index contributed by atoms with van der Waals surface area (Å²) in [7, 11) is -1.61. The lowest BCUT2D eigenvalue weighted by atomic mass is 10.00. The van der Waals surface area contributed by atoms with E-state index in [0.717, 1.165) is 18.4 Å². The van der Waals surface area contributed by atoms with Crippen LogP contribution in [0.15, 0.2) is 28.8 Å². The molecule has 1 unspecified atom stereocenters. The van der Waals surface area contributed by atoms with E-state index in [4.69, 9.17) is 9.26 Å². The SMILES string of the molecule is COc1ccccc1-c1noc(C2CCCN(S(C)(=O)=O)C2)n1. The monoisotopic (exact) mass is 337 g/mol. The molecule has 1 aliphatic heterocycles. The molecule has 8 heteroatoms. The van der Waals surface area contributed by atoms with E-state index in [1.54, 1.807) is 7.11 Å². The summed E-state index contributed by atoms with van der Waals surface area (Å²) in [6.45, 7) is 0.926. The van der Waals surface area contributed by atoms with E-state index in [0.29, 0.717) is 30.6 Å². The molecule has 1 atom stereocenters. The number of hydrogen-bond acceptors (Lipinski definition) is 6. The zero-order valence-electron chi connectivity index (χ0n) is 13.1. The highest BCUT2D eigenvalue weighted by atomic mass is 32.2. The summed E-state index contributed by atoms with van der Waals surface area (Å²) >= 11 is 0. The summed E-state index contributed by atoms with van der Waals surface area (Å²) in [5.41, 5.74) is 0.751. The zero-order valence-corrected chi connectivity index (χ0v) is 13.9. The summed E-state index contributed by atoms with van der Waals surface area (Å²) in [4.78, 5) is 4.45. The van der Waals surface area contributed by atoms with Gasteiger partial charge >= 0.3 is 0 Å². The number of para-hydroxylation sites is 1. The average molecular weight is 337 g/mol. The fourth-order valence-electron chi connectivity index (χ4n) is 2.79. The van der Waals surface area contributed by atoms with Crippen molar-refractivity contribution in [2.45, 2.75) is 18.8 Å². The van der Waals surface area contributed by atoms with E-state index in [9.17, 15) is 8.42 Å². The van der Waals surface area contributed by atoms with Gasteiger partial charge < -0.3 is 9.26 Å². The van der Waals surface area contributed by atoms with Crippen molar-refractivity contribution in [2.75, 3.05) is 26.5 Å². The zero-order chi connectivity index (χ0) is 16.4. The molecule has 0 saturated carbocycles. The van der Waals surface area contributed by atoms with Gasteiger partial charge in [-0.3, -0.25) is 0 Å². The number of piperidine rings is 1. The maximum atomic E-state index is 11.7. The first-order valence-corrected chi connectivity index (χ1v) is 9.26. The van der Waals surface area contributed by atoms with Gasteiger partial charge in [0, 0.05) is 13.1 Å². The third-order valence-corrected chi connectivity index (χ3v) is 5.26. The molecule has 1 aromatic heterocycles. The van der Waals surface area contributed by atoms with Crippen molar-refractivity contribution in [2.24, 2.45) is 0 Å².